The van der Waals surface area contributed by atoms with E-state index in [0.29, 0.717) is 0 Å². The van der Waals surface area contributed by atoms with Crippen molar-refractivity contribution in [2.75, 3.05) is 0 Å². The highest BCUT2D eigenvalue weighted by Gasteiger charge is 2.38. The minimum atomic E-state index is -4.81. The summed E-state index contributed by atoms with van der Waals surface area (Å²) in [6, 6.07) is 5.14. The van der Waals surface area contributed by atoms with Gasteiger partial charge in [0.15, 0.2) is 0 Å². The van der Waals surface area contributed by atoms with Crippen LogP contribution < -0.4 is 5.63 Å². The van der Waals surface area contributed by atoms with Crippen LogP contribution in [0.3, 0.4) is 0 Å². The summed E-state index contributed by atoms with van der Waals surface area (Å²) in [7, 11) is 0. The van der Waals surface area contributed by atoms with Crippen molar-refractivity contribution in [2.24, 2.45) is 0 Å². The SMILES string of the molecule is O=c1oc2ccccc2c(C(F)(F)F)c1O. The molecule has 0 saturated carbocycles. The molecule has 3 nitrogen and oxygen atoms in total. The van der Waals surface area contributed by atoms with Crippen LogP contribution in [0.1, 0.15) is 5.56 Å². The van der Waals surface area contributed by atoms with Gasteiger partial charge in [-0.1, -0.05) is 18.2 Å². The minimum absolute atomic E-state index is 0.211. The molecule has 0 bridgehead atoms. The lowest BCUT2D eigenvalue weighted by Gasteiger charge is -2.10. The Hall–Kier alpha value is -1.98. The number of halogens is 3. The van der Waals surface area contributed by atoms with Crippen molar-refractivity contribution in [3.05, 3.63) is 40.2 Å². The summed E-state index contributed by atoms with van der Waals surface area (Å²) < 4.78 is 42.4. The van der Waals surface area contributed by atoms with Crippen LogP contribution in [-0.4, -0.2) is 5.11 Å². The molecule has 0 unspecified atom stereocenters. The molecule has 0 saturated heterocycles. The molecule has 2 aromatic rings. The Labute approximate surface area is 86.7 Å². The second kappa shape index (κ2) is 3.26. The van der Waals surface area contributed by atoms with E-state index in [-0.39, 0.29) is 11.0 Å². The van der Waals surface area contributed by atoms with Crippen LogP contribution in [0.5, 0.6) is 5.75 Å². The van der Waals surface area contributed by atoms with Gasteiger partial charge in [-0.2, -0.15) is 13.2 Å². The predicted molar refractivity (Wildman–Crippen MR) is 49.2 cm³/mol. The smallest absolute Gasteiger partial charge is 0.420 e. The number of para-hydroxylation sites is 1. The summed E-state index contributed by atoms with van der Waals surface area (Å²) in [5.74, 6) is -1.41. The minimum Gasteiger partial charge on any atom is -0.501 e. The van der Waals surface area contributed by atoms with E-state index in [1.165, 1.54) is 18.2 Å². The fraction of sp³-hybridized carbons (Fsp3) is 0.100. The van der Waals surface area contributed by atoms with Crippen LogP contribution in [0.4, 0.5) is 13.2 Å². The van der Waals surface area contributed by atoms with Gasteiger partial charge < -0.3 is 9.52 Å². The maximum absolute atomic E-state index is 12.6. The fourth-order valence-electron chi connectivity index (χ4n) is 1.43. The zero-order valence-corrected chi connectivity index (χ0v) is 7.71. The number of alkyl halides is 3. The molecule has 1 heterocycles. The Bertz CT molecular complexity index is 598. The van der Waals surface area contributed by atoms with Gasteiger partial charge in [0.1, 0.15) is 11.1 Å². The Kier molecular flexibility index (Phi) is 2.15. The first kappa shape index (κ1) is 10.5. The average molecular weight is 230 g/mol. The molecule has 6 heteroatoms. The first-order valence-electron chi connectivity index (χ1n) is 4.23. The van der Waals surface area contributed by atoms with Gasteiger partial charge >= 0.3 is 11.8 Å². The van der Waals surface area contributed by atoms with E-state index in [0.717, 1.165) is 6.07 Å². The van der Waals surface area contributed by atoms with E-state index in [1.54, 1.807) is 0 Å². The maximum atomic E-state index is 12.6. The van der Waals surface area contributed by atoms with Crippen LogP contribution in [-0.2, 0) is 6.18 Å². The molecule has 0 amide bonds. The zero-order chi connectivity index (χ0) is 11.9. The summed E-state index contributed by atoms with van der Waals surface area (Å²) in [5, 5.41) is 8.76. The number of hydrogen-bond acceptors (Lipinski definition) is 3. The summed E-state index contributed by atoms with van der Waals surface area (Å²) >= 11 is 0. The molecular weight excluding hydrogens is 225 g/mol. The molecule has 84 valence electrons. The van der Waals surface area contributed by atoms with Gasteiger partial charge in [0.05, 0.1) is 0 Å². The lowest BCUT2D eigenvalue weighted by molar-refractivity contribution is -0.137. The van der Waals surface area contributed by atoms with Crippen LogP contribution in [0, 0.1) is 0 Å². The normalized spacial score (nSPS) is 11.9. The van der Waals surface area contributed by atoms with Crippen molar-refractivity contribution < 1.29 is 22.7 Å². The molecule has 0 spiro atoms. The summed E-state index contributed by atoms with van der Waals surface area (Å²) in [5.41, 5.74) is -2.97. The Morgan fingerprint density at radius 1 is 1.19 bits per heavy atom. The van der Waals surface area contributed by atoms with Gasteiger partial charge in [-0.25, -0.2) is 4.79 Å². The van der Waals surface area contributed by atoms with Crippen molar-refractivity contribution in [3.8, 4) is 5.75 Å². The van der Waals surface area contributed by atoms with Crippen molar-refractivity contribution in [2.45, 2.75) is 6.18 Å². The molecule has 2 rings (SSSR count). The van der Waals surface area contributed by atoms with E-state index in [4.69, 9.17) is 5.11 Å². The van der Waals surface area contributed by atoms with E-state index >= 15 is 0 Å². The molecular formula is C10H5F3O3. The molecule has 0 aliphatic heterocycles. The molecule has 0 atom stereocenters. The van der Waals surface area contributed by atoms with Gasteiger partial charge in [-0.15, -0.1) is 0 Å². The van der Waals surface area contributed by atoms with Crippen molar-refractivity contribution in [3.63, 3.8) is 0 Å². The third-order valence-corrected chi connectivity index (χ3v) is 2.07. The van der Waals surface area contributed by atoms with Crippen LogP contribution in [0.2, 0.25) is 0 Å². The van der Waals surface area contributed by atoms with Crippen LogP contribution in [0.25, 0.3) is 11.0 Å². The highest BCUT2D eigenvalue weighted by molar-refractivity contribution is 5.82. The highest BCUT2D eigenvalue weighted by Crippen LogP contribution is 2.38. The summed E-state index contributed by atoms with van der Waals surface area (Å²) in [6.07, 6.45) is -4.81. The van der Waals surface area contributed by atoms with Gasteiger partial charge in [-0.3, -0.25) is 0 Å². The van der Waals surface area contributed by atoms with Gasteiger partial charge in [-0.05, 0) is 6.07 Å². The Morgan fingerprint density at radius 3 is 2.44 bits per heavy atom. The van der Waals surface area contributed by atoms with Gasteiger partial charge in [0.25, 0.3) is 0 Å². The zero-order valence-electron chi connectivity index (χ0n) is 7.71. The second-order valence-electron chi connectivity index (χ2n) is 3.11. The van der Waals surface area contributed by atoms with Crippen LogP contribution in [0.15, 0.2) is 33.5 Å². The molecule has 1 aromatic heterocycles. The van der Waals surface area contributed by atoms with Gasteiger partial charge in [0, 0.05) is 5.39 Å². The van der Waals surface area contributed by atoms with Crippen LogP contribution >= 0.6 is 0 Å². The fourth-order valence-corrected chi connectivity index (χ4v) is 1.43. The molecule has 16 heavy (non-hydrogen) atoms. The quantitative estimate of drug-likeness (QED) is 0.707. The first-order chi connectivity index (χ1) is 7.41. The molecule has 0 aliphatic rings. The number of rotatable bonds is 0. The van der Waals surface area contributed by atoms with E-state index in [2.05, 4.69) is 4.42 Å². The molecule has 0 fully saturated rings. The predicted octanol–water partition coefficient (Wildman–Crippen LogP) is 2.52. The average Bonchev–Trinajstić information content (AvgIpc) is 2.17. The third-order valence-electron chi connectivity index (χ3n) is 2.07. The molecule has 1 N–H and O–H groups in total. The number of fused-ring (bicyclic) bond motifs is 1. The lowest BCUT2D eigenvalue weighted by Crippen LogP contribution is -2.12. The number of hydrogen-bond donors (Lipinski definition) is 1. The first-order valence-corrected chi connectivity index (χ1v) is 4.23. The third kappa shape index (κ3) is 1.52. The highest BCUT2D eigenvalue weighted by atomic mass is 19.4. The molecule has 1 aromatic carbocycles. The lowest BCUT2D eigenvalue weighted by atomic mass is 10.1. The topological polar surface area (TPSA) is 50.4 Å². The number of benzene rings is 1. The maximum Gasteiger partial charge on any atom is 0.420 e. The van der Waals surface area contributed by atoms with Crippen molar-refractivity contribution >= 4 is 11.0 Å². The van der Waals surface area contributed by atoms with Crippen molar-refractivity contribution in [1.29, 1.82) is 0 Å². The van der Waals surface area contributed by atoms with Crippen molar-refractivity contribution in [1.82, 2.24) is 0 Å². The summed E-state index contributed by atoms with van der Waals surface area (Å²) in [4.78, 5) is 11.0. The van der Waals surface area contributed by atoms with E-state index in [1.807, 2.05) is 0 Å². The van der Waals surface area contributed by atoms with Gasteiger partial charge in [0.2, 0.25) is 5.75 Å². The summed E-state index contributed by atoms with van der Waals surface area (Å²) in [6.45, 7) is 0. The van der Waals surface area contributed by atoms with E-state index in [9.17, 15) is 18.0 Å². The Morgan fingerprint density at radius 2 is 1.81 bits per heavy atom. The van der Waals surface area contributed by atoms with E-state index < -0.39 is 23.1 Å². The monoisotopic (exact) mass is 230 g/mol. The standard InChI is InChI=1S/C10H5F3O3/c11-10(12,13)7-5-3-1-2-4-6(5)16-9(15)8(7)14/h1-4,14H. The largest absolute Gasteiger partial charge is 0.501 e. The Balaban J connectivity index is 2.99. The second-order valence-corrected chi connectivity index (χ2v) is 3.11. The number of aromatic hydroxyl groups is 1. The molecule has 0 aliphatic carbocycles. The molecule has 0 radical (unpaired) electrons.